The molecule has 1 N–H and O–H groups in total. The Bertz CT molecular complexity index is 241. The van der Waals surface area contributed by atoms with Crippen LogP contribution in [0.15, 0.2) is 0 Å². The summed E-state index contributed by atoms with van der Waals surface area (Å²) in [6.45, 7) is 4.79. The molecule has 16 heavy (non-hydrogen) atoms. The monoisotopic (exact) mass is 274 g/mol. The lowest BCUT2D eigenvalue weighted by atomic mass is 10.7. The molecule has 0 unspecified atom stereocenters. The summed E-state index contributed by atoms with van der Waals surface area (Å²) in [5.74, 6) is 0.206. The Labute approximate surface area is 99.8 Å². The predicted octanol–water partition coefficient (Wildman–Crippen LogP) is 0.592. The molecule has 0 saturated carbocycles. The van der Waals surface area contributed by atoms with Crippen molar-refractivity contribution in [3.63, 3.8) is 0 Å². The lowest BCUT2D eigenvalue weighted by molar-refractivity contribution is 0.0200. The predicted molar refractivity (Wildman–Crippen MR) is 62.1 cm³/mol. The van der Waals surface area contributed by atoms with Gasteiger partial charge in [0.1, 0.15) is 0 Å². The van der Waals surface area contributed by atoms with E-state index in [0.717, 1.165) is 0 Å². The van der Waals surface area contributed by atoms with Crippen molar-refractivity contribution in [3.8, 4) is 0 Å². The average Bonchev–Trinajstić information content (AvgIpc) is 2.19. The van der Waals surface area contributed by atoms with E-state index in [1.165, 1.54) is 0 Å². The van der Waals surface area contributed by atoms with Gasteiger partial charge in [0.2, 0.25) is 0 Å². The van der Waals surface area contributed by atoms with Crippen LogP contribution in [0, 0.1) is 0 Å². The highest BCUT2D eigenvalue weighted by Crippen LogP contribution is 2.07. The second-order valence-corrected chi connectivity index (χ2v) is 6.14. The zero-order chi connectivity index (χ0) is 12.3. The highest BCUT2D eigenvalue weighted by atomic mass is 33.1. The van der Waals surface area contributed by atoms with E-state index in [1.54, 1.807) is 0 Å². The Morgan fingerprint density at radius 2 is 1.50 bits per heavy atom. The molecule has 0 rings (SSSR count). The lowest BCUT2D eigenvalue weighted by Crippen LogP contribution is -2.10. The number of ether oxygens (including phenoxy) is 3. The van der Waals surface area contributed by atoms with E-state index in [1.807, 2.05) is 6.92 Å². The topological polar surface area (TPSA) is 82.1 Å². The molecule has 0 fully saturated rings. The summed E-state index contributed by atoms with van der Waals surface area (Å²) in [7, 11) is -3.49. The van der Waals surface area contributed by atoms with Crippen LogP contribution in [0.5, 0.6) is 0 Å². The molecule has 0 spiro atoms. The molecule has 0 bridgehead atoms. The zero-order valence-corrected chi connectivity index (χ0v) is 10.9. The molecular formula is C8H18O6S2. The number of rotatable bonds is 11. The smallest absolute Gasteiger partial charge is 0.319 e. The number of hydrogen-bond acceptors (Lipinski definition) is 6. The van der Waals surface area contributed by atoms with E-state index in [4.69, 9.17) is 18.8 Å². The molecule has 0 aromatic rings. The zero-order valence-electron chi connectivity index (χ0n) is 9.25. The highest BCUT2D eigenvalue weighted by molar-refractivity contribution is 8.69. The second kappa shape index (κ2) is 10.3. The van der Waals surface area contributed by atoms with Crippen LogP contribution >= 0.6 is 10.8 Å². The molecule has 0 heterocycles. The van der Waals surface area contributed by atoms with Gasteiger partial charge in [-0.25, -0.2) is 0 Å². The molecule has 0 aromatic heterocycles. The molecule has 0 radical (unpaired) electrons. The molecule has 0 atom stereocenters. The first-order valence-corrected chi connectivity index (χ1v) is 7.85. The van der Waals surface area contributed by atoms with Crippen LogP contribution in [0.1, 0.15) is 6.92 Å². The van der Waals surface area contributed by atoms with Gasteiger partial charge < -0.3 is 14.2 Å². The molecule has 0 aliphatic rings. The molecule has 0 amide bonds. The van der Waals surface area contributed by atoms with Crippen molar-refractivity contribution in [2.24, 2.45) is 0 Å². The third-order valence-electron chi connectivity index (χ3n) is 1.41. The van der Waals surface area contributed by atoms with Gasteiger partial charge >= 0.3 is 9.15 Å². The van der Waals surface area contributed by atoms with E-state index in [2.05, 4.69) is 0 Å². The minimum absolute atomic E-state index is 0.206. The van der Waals surface area contributed by atoms with Crippen molar-refractivity contribution in [2.75, 3.05) is 45.4 Å². The van der Waals surface area contributed by atoms with Gasteiger partial charge in [-0.15, -0.1) is 0 Å². The normalized spacial score (nSPS) is 11.9. The summed E-state index contributed by atoms with van der Waals surface area (Å²) < 4.78 is 44.2. The first-order chi connectivity index (χ1) is 7.56. The quantitative estimate of drug-likeness (QED) is 0.335. The SMILES string of the molecule is CCOCCOCCOCCSS(=O)(=O)O. The van der Waals surface area contributed by atoms with Crippen LogP contribution in [0.4, 0.5) is 0 Å². The Morgan fingerprint density at radius 3 is 2.00 bits per heavy atom. The molecular weight excluding hydrogens is 256 g/mol. The fraction of sp³-hybridized carbons (Fsp3) is 1.00. The highest BCUT2D eigenvalue weighted by Gasteiger charge is 2.03. The molecule has 6 nitrogen and oxygen atoms in total. The molecule has 98 valence electrons. The summed E-state index contributed by atoms with van der Waals surface area (Å²) in [5.41, 5.74) is 0. The molecule has 8 heteroatoms. The van der Waals surface area contributed by atoms with Crippen LogP contribution in [0.2, 0.25) is 0 Å². The van der Waals surface area contributed by atoms with Gasteiger partial charge in [0, 0.05) is 12.4 Å². The third kappa shape index (κ3) is 14.1. The van der Waals surface area contributed by atoms with Crippen LogP contribution in [0.3, 0.4) is 0 Å². The Hall–Kier alpha value is 0.140. The first kappa shape index (κ1) is 16.1. The van der Waals surface area contributed by atoms with Gasteiger partial charge in [-0.3, -0.25) is 4.55 Å². The minimum Gasteiger partial charge on any atom is -0.379 e. The Kier molecular flexibility index (Phi) is 10.4. The van der Waals surface area contributed by atoms with Gasteiger partial charge in [0.15, 0.2) is 0 Å². The number of hydrogen-bond donors (Lipinski definition) is 1. The van der Waals surface area contributed by atoms with E-state index >= 15 is 0 Å². The van der Waals surface area contributed by atoms with Crippen LogP contribution < -0.4 is 0 Å². The summed E-state index contributed by atoms with van der Waals surface area (Å²) in [6, 6.07) is 0. The Morgan fingerprint density at radius 1 is 1.00 bits per heavy atom. The van der Waals surface area contributed by atoms with E-state index in [-0.39, 0.29) is 12.4 Å². The van der Waals surface area contributed by atoms with Crippen molar-refractivity contribution >= 4 is 19.9 Å². The van der Waals surface area contributed by atoms with Gasteiger partial charge in [-0.1, -0.05) is 0 Å². The fourth-order valence-electron chi connectivity index (χ4n) is 0.782. The van der Waals surface area contributed by atoms with Gasteiger partial charge in [0.05, 0.1) is 33.0 Å². The average molecular weight is 274 g/mol. The van der Waals surface area contributed by atoms with Crippen LogP contribution in [-0.2, 0) is 23.4 Å². The second-order valence-electron chi connectivity index (χ2n) is 2.67. The van der Waals surface area contributed by atoms with E-state index < -0.39 is 9.15 Å². The van der Waals surface area contributed by atoms with E-state index in [0.29, 0.717) is 43.8 Å². The fourth-order valence-corrected chi connectivity index (χ4v) is 2.01. The maximum absolute atomic E-state index is 10.3. The summed E-state index contributed by atoms with van der Waals surface area (Å²) in [6.07, 6.45) is 0. The largest absolute Gasteiger partial charge is 0.379 e. The van der Waals surface area contributed by atoms with Crippen molar-refractivity contribution < 1.29 is 27.2 Å². The Balaban J connectivity index is 3.05. The maximum atomic E-state index is 10.3. The van der Waals surface area contributed by atoms with Crippen LogP contribution in [0.25, 0.3) is 0 Å². The van der Waals surface area contributed by atoms with E-state index in [9.17, 15) is 8.42 Å². The van der Waals surface area contributed by atoms with Gasteiger partial charge in [-0.05, 0) is 17.7 Å². The molecule has 0 saturated heterocycles. The van der Waals surface area contributed by atoms with Gasteiger partial charge in [-0.2, -0.15) is 8.42 Å². The van der Waals surface area contributed by atoms with Crippen molar-refractivity contribution in [1.82, 2.24) is 0 Å². The van der Waals surface area contributed by atoms with Crippen molar-refractivity contribution in [2.45, 2.75) is 6.92 Å². The first-order valence-electron chi connectivity index (χ1n) is 4.91. The van der Waals surface area contributed by atoms with Crippen molar-refractivity contribution in [3.05, 3.63) is 0 Å². The van der Waals surface area contributed by atoms with Gasteiger partial charge in [0.25, 0.3) is 0 Å². The van der Waals surface area contributed by atoms with Crippen molar-refractivity contribution in [1.29, 1.82) is 0 Å². The minimum atomic E-state index is -3.94. The van der Waals surface area contributed by atoms with Crippen LogP contribution in [-0.4, -0.2) is 58.4 Å². The molecule has 0 aliphatic carbocycles. The molecule has 0 aliphatic heterocycles. The third-order valence-corrected chi connectivity index (χ3v) is 3.43. The molecule has 0 aromatic carbocycles. The summed E-state index contributed by atoms with van der Waals surface area (Å²) >= 11 is 0. The summed E-state index contributed by atoms with van der Waals surface area (Å²) in [4.78, 5) is 0. The maximum Gasteiger partial charge on any atom is 0.319 e. The lowest BCUT2D eigenvalue weighted by Gasteiger charge is -2.05. The standard InChI is InChI=1S/C8H18O6S2/c1-2-12-3-4-13-5-6-14-7-8-15-16(9,10)11/h2-8H2,1H3,(H,9,10,11). The summed E-state index contributed by atoms with van der Waals surface area (Å²) in [5, 5.41) is 0.